The second-order valence-corrected chi connectivity index (χ2v) is 5.07. The van der Waals surface area contributed by atoms with Crippen molar-refractivity contribution in [3.63, 3.8) is 0 Å². The quantitative estimate of drug-likeness (QED) is 0.875. The molecule has 3 nitrogen and oxygen atoms in total. The van der Waals surface area contributed by atoms with Crippen molar-refractivity contribution in [2.75, 3.05) is 13.6 Å². The molecule has 3 heteroatoms. The van der Waals surface area contributed by atoms with Crippen LogP contribution < -0.4 is 0 Å². The van der Waals surface area contributed by atoms with Gasteiger partial charge in [0.25, 0.3) is 0 Å². The molecule has 0 radical (unpaired) electrons. The third-order valence-electron chi connectivity index (χ3n) is 3.65. The molecule has 0 aliphatic rings. The van der Waals surface area contributed by atoms with E-state index in [2.05, 4.69) is 23.9 Å². The van der Waals surface area contributed by atoms with Crippen LogP contribution in [0, 0.1) is 0 Å². The first kappa shape index (κ1) is 14.7. The highest BCUT2D eigenvalue weighted by Gasteiger charge is 2.18. The summed E-state index contributed by atoms with van der Waals surface area (Å²) in [6.07, 6.45) is 4.18. The number of aliphatic hydroxyl groups excluding tert-OH is 1. The van der Waals surface area contributed by atoms with E-state index < -0.39 is 6.10 Å². The summed E-state index contributed by atoms with van der Waals surface area (Å²) < 4.78 is 0. The summed E-state index contributed by atoms with van der Waals surface area (Å²) in [4.78, 5) is 6.26. The molecule has 20 heavy (non-hydrogen) atoms. The monoisotopic (exact) mass is 270 g/mol. The van der Waals surface area contributed by atoms with Crippen molar-refractivity contribution in [2.24, 2.45) is 0 Å². The van der Waals surface area contributed by atoms with Crippen molar-refractivity contribution < 1.29 is 5.11 Å². The van der Waals surface area contributed by atoms with Crippen molar-refractivity contribution in [3.05, 3.63) is 66.0 Å². The van der Waals surface area contributed by atoms with Crippen LogP contribution in [0.3, 0.4) is 0 Å². The fourth-order valence-electron chi connectivity index (χ4n) is 2.57. The number of rotatable bonds is 6. The number of aromatic nitrogens is 1. The molecule has 1 N–H and O–H groups in total. The summed E-state index contributed by atoms with van der Waals surface area (Å²) >= 11 is 0. The zero-order chi connectivity index (χ0) is 14.4. The number of likely N-dealkylation sites (N-methyl/N-ethyl adjacent to an activating group) is 1. The molecule has 0 aliphatic carbocycles. The van der Waals surface area contributed by atoms with Crippen LogP contribution in [-0.2, 0) is 0 Å². The van der Waals surface area contributed by atoms with Crippen LogP contribution in [0.1, 0.15) is 36.6 Å². The Labute approximate surface area is 120 Å². The molecule has 0 aliphatic heterocycles. The molecule has 0 fully saturated rings. The van der Waals surface area contributed by atoms with Gasteiger partial charge in [-0.15, -0.1) is 0 Å². The average molecular weight is 270 g/mol. The van der Waals surface area contributed by atoms with E-state index >= 15 is 0 Å². The fourth-order valence-corrected chi connectivity index (χ4v) is 2.57. The highest BCUT2D eigenvalue weighted by Crippen LogP contribution is 2.24. The maximum Gasteiger partial charge on any atom is 0.0917 e. The van der Waals surface area contributed by atoms with Crippen LogP contribution in [0.15, 0.2) is 54.9 Å². The summed E-state index contributed by atoms with van der Waals surface area (Å²) in [6, 6.07) is 14.2. The van der Waals surface area contributed by atoms with Crippen LogP contribution in [0.2, 0.25) is 0 Å². The van der Waals surface area contributed by atoms with Gasteiger partial charge in [-0.05, 0) is 36.7 Å². The molecule has 106 valence electrons. The second kappa shape index (κ2) is 7.17. The maximum atomic E-state index is 10.3. The number of hydrogen-bond acceptors (Lipinski definition) is 3. The largest absolute Gasteiger partial charge is 0.387 e. The predicted molar refractivity (Wildman–Crippen MR) is 81.3 cm³/mol. The van der Waals surface area contributed by atoms with E-state index in [0.717, 1.165) is 12.0 Å². The van der Waals surface area contributed by atoms with E-state index in [1.807, 2.05) is 54.9 Å². The zero-order valence-corrected chi connectivity index (χ0v) is 12.1. The first-order valence-corrected chi connectivity index (χ1v) is 7.05. The molecule has 2 aromatic rings. The van der Waals surface area contributed by atoms with Crippen LogP contribution in [-0.4, -0.2) is 28.6 Å². The van der Waals surface area contributed by atoms with Crippen LogP contribution >= 0.6 is 0 Å². The van der Waals surface area contributed by atoms with E-state index in [1.54, 1.807) is 0 Å². The lowest BCUT2D eigenvalue weighted by Gasteiger charge is -2.29. The number of benzene rings is 1. The lowest BCUT2D eigenvalue weighted by Crippen LogP contribution is -2.29. The van der Waals surface area contributed by atoms with Gasteiger partial charge in [-0.2, -0.15) is 0 Å². The summed E-state index contributed by atoms with van der Waals surface area (Å²) in [7, 11) is 2.06. The molecule has 0 spiro atoms. The van der Waals surface area contributed by atoms with E-state index in [4.69, 9.17) is 0 Å². The molecule has 2 rings (SSSR count). The molecule has 1 aromatic heterocycles. The average Bonchev–Trinajstić information content (AvgIpc) is 2.50. The summed E-state index contributed by atoms with van der Waals surface area (Å²) in [6.45, 7) is 2.78. The molecule has 1 heterocycles. The number of pyridine rings is 1. The Morgan fingerprint density at radius 2 is 1.70 bits per heavy atom. The number of aliphatic hydroxyl groups is 1. The molecule has 2 unspecified atom stereocenters. The van der Waals surface area contributed by atoms with E-state index in [1.165, 1.54) is 5.56 Å². The minimum absolute atomic E-state index is 0.302. The third kappa shape index (κ3) is 3.65. The Morgan fingerprint density at radius 1 is 1.05 bits per heavy atom. The fraction of sp³-hybridized carbons (Fsp3) is 0.353. The Kier molecular flexibility index (Phi) is 5.27. The smallest absolute Gasteiger partial charge is 0.0917 e. The molecule has 2 atom stereocenters. The van der Waals surface area contributed by atoms with Gasteiger partial charge in [0.05, 0.1) is 6.10 Å². The maximum absolute atomic E-state index is 10.3. The van der Waals surface area contributed by atoms with Gasteiger partial charge in [-0.25, -0.2) is 0 Å². The minimum atomic E-state index is -0.461. The number of hydrogen-bond donors (Lipinski definition) is 1. The first-order valence-electron chi connectivity index (χ1n) is 7.05. The van der Waals surface area contributed by atoms with E-state index in [9.17, 15) is 5.11 Å². The zero-order valence-electron chi connectivity index (χ0n) is 12.1. The molecule has 1 aromatic carbocycles. The number of nitrogens with zero attached hydrogens (tertiary/aromatic N) is 2. The van der Waals surface area contributed by atoms with Crippen molar-refractivity contribution in [2.45, 2.75) is 25.5 Å². The predicted octanol–water partition coefficient (Wildman–Crippen LogP) is 3.20. The van der Waals surface area contributed by atoms with Gasteiger partial charge < -0.3 is 5.11 Å². The van der Waals surface area contributed by atoms with Crippen molar-refractivity contribution >= 4 is 0 Å². The lowest BCUT2D eigenvalue weighted by molar-refractivity contribution is 0.103. The molecule has 0 saturated carbocycles. The third-order valence-corrected chi connectivity index (χ3v) is 3.65. The van der Waals surface area contributed by atoms with Crippen molar-refractivity contribution in [1.82, 2.24) is 9.88 Å². The van der Waals surface area contributed by atoms with Crippen molar-refractivity contribution in [1.29, 1.82) is 0 Å². The van der Waals surface area contributed by atoms with E-state index in [0.29, 0.717) is 12.6 Å². The van der Waals surface area contributed by atoms with Gasteiger partial charge in [0, 0.05) is 25.0 Å². The standard InChI is InChI=1S/C17H22N2O/c1-3-16(14-9-11-18-12-10-14)19(2)13-17(20)15-7-5-4-6-8-15/h4-12,16-17,20H,3,13H2,1-2H3. The Balaban J connectivity index is 2.05. The lowest BCUT2D eigenvalue weighted by atomic mass is 10.0. The SMILES string of the molecule is CCC(c1ccncc1)N(C)CC(O)c1ccccc1. The molecule has 0 bridgehead atoms. The van der Waals surface area contributed by atoms with Gasteiger partial charge in [0.1, 0.15) is 0 Å². The summed E-state index contributed by atoms with van der Waals surface area (Å²) in [5.74, 6) is 0. The van der Waals surface area contributed by atoms with Crippen LogP contribution in [0.4, 0.5) is 0 Å². The normalized spacial score (nSPS) is 14.2. The van der Waals surface area contributed by atoms with Crippen molar-refractivity contribution in [3.8, 4) is 0 Å². The van der Waals surface area contributed by atoms with Gasteiger partial charge in [0.15, 0.2) is 0 Å². The highest BCUT2D eigenvalue weighted by molar-refractivity contribution is 5.18. The second-order valence-electron chi connectivity index (χ2n) is 5.07. The van der Waals surface area contributed by atoms with Gasteiger partial charge in [0.2, 0.25) is 0 Å². The van der Waals surface area contributed by atoms with Gasteiger partial charge in [-0.1, -0.05) is 37.3 Å². The Morgan fingerprint density at radius 3 is 2.30 bits per heavy atom. The van der Waals surface area contributed by atoms with Crippen LogP contribution in [0.25, 0.3) is 0 Å². The summed E-state index contributed by atoms with van der Waals surface area (Å²) in [5, 5.41) is 10.3. The topological polar surface area (TPSA) is 36.4 Å². The van der Waals surface area contributed by atoms with E-state index in [-0.39, 0.29) is 0 Å². The van der Waals surface area contributed by atoms with Gasteiger partial charge >= 0.3 is 0 Å². The minimum Gasteiger partial charge on any atom is -0.387 e. The molecule has 0 saturated heterocycles. The highest BCUT2D eigenvalue weighted by atomic mass is 16.3. The first-order chi connectivity index (χ1) is 9.72. The van der Waals surface area contributed by atoms with Gasteiger partial charge in [-0.3, -0.25) is 9.88 Å². The summed E-state index contributed by atoms with van der Waals surface area (Å²) in [5.41, 5.74) is 2.20. The molecular weight excluding hydrogens is 248 g/mol. The molecular formula is C17H22N2O. The Bertz CT molecular complexity index is 501. The molecule has 0 amide bonds. The van der Waals surface area contributed by atoms with Crippen LogP contribution in [0.5, 0.6) is 0 Å². The Hall–Kier alpha value is -1.71.